The molecule has 1 aliphatic carbocycles. The summed E-state index contributed by atoms with van der Waals surface area (Å²) in [5.74, 6) is 0.896. The van der Waals surface area contributed by atoms with E-state index in [4.69, 9.17) is 21.7 Å². The molecule has 2 fully saturated rings. The van der Waals surface area contributed by atoms with Crippen molar-refractivity contribution in [3.8, 4) is 5.75 Å². The fraction of sp³-hybridized carbons (Fsp3) is 0.632. The minimum atomic E-state index is 0.604. The zero-order chi connectivity index (χ0) is 17.5. The summed E-state index contributed by atoms with van der Waals surface area (Å²) in [6.45, 7) is 7.09. The second kappa shape index (κ2) is 9.36. The number of nitrogens with one attached hydrogen (secondary N) is 2. The Kier molecular flexibility index (Phi) is 6.90. The van der Waals surface area contributed by atoms with E-state index in [1.807, 2.05) is 12.1 Å². The molecule has 6 heteroatoms. The zero-order valence-corrected chi connectivity index (χ0v) is 15.9. The molecule has 0 radical (unpaired) electrons. The first kappa shape index (κ1) is 18.4. The van der Waals surface area contributed by atoms with E-state index in [1.54, 1.807) is 12.0 Å². The van der Waals surface area contributed by atoms with Crippen LogP contribution in [0.2, 0.25) is 0 Å². The van der Waals surface area contributed by atoms with Gasteiger partial charge in [0.15, 0.2) is 5.11 Å². The highest BCUT2D eigenvalue weighted by molar-refractivity contribution is 7.80. The monoisotopic (exact) mass is 364 g/mol. The molecule has 1 heterocycles. The number of nitrogens with zero attached hydrogens (tertiary/aromatic N) is 1. The molecule has 0 spiro atoms. The van der Waals surface area contributed by atoms with Crippen molar-refractivity contribution in [2.45, 2.75) is 31.8 Å². The number of methoxy groups -OCH3 is 1. The minimum absolute atomic E-state index is 0.604. The molecule has 3 rings (SSSR count). The van der Waals surface area contributed by atoms with Gasteiger partial charge in [0.05, 0.1) is 26.9 Å². The standard InChI is InChI=1S/C19H29N3O2S/c1-23-18-7-3-16(4-8-18)15-22(17-5-6-17)19(25)20-9-2-10-21-11-13-24-14-12-21/h3-4,7-8,17H,2,5-6,9-15H2,1H3,(H,20,25)/p+1. The molecule has 1 saturated heterocycles. The Labute approximate surface area is 156 Å². The van der Waals surface area contributed by atoms with Crippen LogP contribution in [0.5, 0.6) is 5.75 Å². The van der Waals surface area contributed by atoms with Gasteiger partial charge in [0.1, 0.15) is 18.8 Å². The minimum Gasteiger partial charge on any atom is -0.497 e. The molecule has 25 heavy (non-hydrogen) atoms. The molecule has 0 atom stereocenters. The normalized spacial score (nSPS) is 18.0. The van der Waals surface area contributed by atoms with Crippen LogP contribution in [0.25, 0.3) is 0 Å². The largest absolute Gasteiger partial charge is 0.497 e. The van der Waals surface area contributed by atoms with Crippen LogP contribution in [-0.4, -0.2) is 62.6 Å². The predicted octanol–water partition coefficient (Wildman–Crippen LogP) is 0.839. The van der Waals surface area contributed by atoms with E-state index in [9.17, 15) is 0 Å². The highest BCUT2D eigenvalue weighted by atomic mass is 32.1. The van der Waals surface area contributed by atoms with Crippen LogP contribution < -0.4 is 15.0 Å². The number of quaternary nitrogens is 1. The van der Waals surface area contributed by atoms with Gasteiger partial charge in [-0.15, -0.1) is 0 Å². The van der Waals surface area contributed by atoms with Gasteiger partial charge in [0.2, 0.25) is 0 Å². The van der Waals surface area contributed by atoms with E-state index in [-0.39, 0.29) is 0 Å². The fourth-order valence-corrected chi connectivity index (χ4v) is 3.54. The number of hydrogen-bond donors (Lipinski definition) is 2. The third-order valence-corrected chi connectivity index (χ3v) is 5.32. The summed E-state index contributed by atoms with van der Waals surface area (Å²) in [5, 5.41) is 4.37. The van der Waals surface area contributed by atoms with Gasteiger partial charge in [-0.1, -0.05) is 12.1 Å². The number of rotatable bonds is 8. The summed E-state index contributed by atoms with van der Waals surface area (Å²) >= 11 is 5.67. The Hall–Kier alpha value is -1.37. The maximum Gasteiger partial charge on any atom is 0.169 e. The smallest absolute Gasteiger partial charge is 0.169 e. The highest BCUT2D eigenvalue weighted by Crippen LogP contribution is 2.28. The molecule has 1 aliphatic heterocycles. The second-order valence-electron chi connectivity index (χ2n) is 6.91. The van der Waals surface area contributed by atoms with Gasteiger partial charge >= 0.3 is 0 Å². The van der Waals surface area contributed by atoms with Crippen LogP contribution in [0.1, 0.15) is 24.8 Å². The van der Waals surface area contributed by atoms with E-state index in [0.717, 1.165) is 56.7 Å². The van der Waals surface area contributed by atoms with Gasteiger partial charge in [-0.05, 0) is 42.8 Å². The Morgan fingerprint density at radius 3 is 2.64 bits per heavy atom. The summed E-state index contributed by atoms with van der Waals surface area (Å²) in [6.07, 6.45) is 3.64. The van der Waals surface area contributed by atoms with Crippen LogP contribution in [-0.2, 0) is 11.3 Å². The molecule has 1 saturated carbocycles. The maximum atomic E-state index is 5.67. The van der Waals surface area contributed by atoms with Crippen LogP contribution in [0.4, 0.5) is 0 Å². The first-order chi connectivity index (χ1) is 12.3. The lowest BCUT2D eigenvalue weighted by molar-refractivity contribution is -0.908. The van der Waals surface area contributed by atoms with Crippen molar-refractivity contribution in [2.75, 3.05) is 46.5 Å². The van der Waals surface area contributed by atoms with Crippen molar-refractivity contribution < 1.29 is 14.4 Å². The van der Waals surface area contributed by atoms with Crippen LogP contribution in [0.3, 0.4) is 0 Å². The number of morpholine rings is 1. The van der Waals surface area contributed by atoms with Gasteiger partial charge in [0, 0.05) is 25.6 Å². The van der Waals surface area contributed by atoms with Crippen molar-refractivity contribution in [3.05, 3.63) is 29.8 Å². The van der Waals surface area contributed by atoms with Gasteiger partial charge in [0.25, 0.3) is 0 Å². The van der Waals surface area contributed by atoms with Crippen LogP contribution >= 0.6 is 12.2 Å². The summed E-state index contributed by atoms with van der Waals surface area (Å²) in [6, 6.07) is 8.88. The third-order valence-electron chi connectivity index (χ3n) is 4.94. The van der Waals surface area contributed by atoms with E-state index in [1.165, 1.54) is 24.9 Å². The van der Waals surface area contributed by atoms with Crippen molar-refractivity contribution in [1.29, 1.82) is 0 Å². The van der Waals surface area contributed by atoms with Crippen LogP contribution in [0, 0.1) is 0 Å². The number of ether oxygens (including phenoxy) is 2. The van der Waals surface area contributed by atoms with Crippen molar-refractivity contribution in [2.24, 2.45) is 0 Å². The first-order valence-corrected chi connectivity index (χ1v) is 9.76. The number of hydrogen-bond acceptors (Lipinski definition) is 3. The predicted molar refractivity (Wildman–Crippen MR) is 103 cm³/mol. The Balaban J connectivity index is 1.42. The lowest BCUT2D eigenvalue weighted by atomic mass is 10.2. The topological polar surface area (TPSA) is 38.2 Å². The number of thiocarbonyl (C=S) groups is 1. The molecule has 0 bridgehead atoms. The van der Waals surface area contributed by atoms with E-state index < -0.39 is 0 Å². The summed E-state index contributed by atoms with van der Waals surface area (Å²) < 4.78 is 10.6. The molecule has 0 unspecified atom stereocenters. The van der Waals surface area contributed by atoms with Crippen LogP contribution in [0.15, 0.2) is 24.3 Å². The molecular formula is C19H30N3O2S+. The fourth-order valence-electron chi connectivity index (χ4n) is 3.23. The van der Waals surface area contributed by atoms with Gasteiger partial charge in [-0.3, -0.25) is 0 Å². The lowest BCUT2D eigenvalue weighted by Gasteiger charge is -2.27. The van der Waals surface area contributed by atoms with Gasteiger partial charge in [-0.2, -0.15) is 0 Å². The Morgan fingerprint density at radius 2 is 2.00 bits per heavy atom. The highest BCUT2D eigenvalue weighted by Gasteiger charge is 2.30. The second-order valence-corrected chi connectivity index (χ2v) is 7.29. The van der Waals surface area contributed by atoms with Gasteiger partial charge in [-0.25, -0.2) is 0 Å². The summed E-state index contributed by atoms with van der Waals surface area (Å²) in [4.78, 5) is 4.00. The quantitative estimate of drug-likeness (QED) is 0.528. The molecule has 138 valence electrons. The summed E-state index contributed by atoms with van der Waals surface area (Å²) in [5.41, 5.74) is 1.27. The SMILES string of the molecule is COc1ccc(CN(C(=S)NCCC[NH+]2CCOCC2)C2CC2)cc1. The molecule has 2 aliphatic rings. The van der Waals surface area contributed by atoms with Crippen molar-refractivity contribution in [3.63, 3.8) is 0 Å². The average Bonchev–Trinajstić information content (AvgIpc) is 3.49. The van der Waals surface area contributed by atoms with E-state index >= 15 is 0 Å². The van der Waals surface area contributed by atoms with Crippen molar-refractivity contribution >= 4 is 17.3 Å². The lowest BCUT2D eigenvalue weighted by Crippen LogP contribution is -3.14. The zero-order valence-electron chi connectivity index (χ0n) is 15.1. The molecule has 0 amide bonds. The van der Waals surface area contributed by atoms with Gasteiger partial charge < -0.3 is 24.6 Å². The first-order valence-electron chi connectivity index (χ1n) is 9.35. The third kappa shape index (κ3) is 5.83. The molecule has 1 aromatic carbocycles. The Morgan fingerprint density at radius 1 is 1.28 bits per heavy atom. The maximum absolute atomic E-state index is 5.67. The average molecular weight is 365 g/mol. The molecule has 0 aromatic heterocycles. The van der Waals surface area contributed by atoms with E-state index in [0.29, 0.717) is 6.04 Å². The Bertz CT molecular complexity index is 542. The molecule has 2 N–H and O–H groups in total. The molecule has 1 aromatic rings. The number of benzene rings is 1. The van der Waals surface area contributed by atoms with E-state index in [2.05, 4.69) is 22.3 Å². The summed E-state index contributed by atoms with van der Waals surface area (Å²) in [7, 11) is 1.70. The van der Waals surface area contributed by atoms with Crippen molar-refractivity contribution in [1.82, 2.24) is 10.2 Å². The molecule has 5 nitrogen and oxygen atoms in total. The molecular weight excluding hydrogens is 334 g/mol.